The number of carbonyl (C=O) groups is 1. The van der Waals surface area contributed by atoms with Crippen LogP contribution in [0.15, 0.2) is 53.0 Å². The van der Waals surface area contributed by atoms with Gasteiger partial charge in [-0.2, -0.15) is 0 Å². The Bertz CT molecular complexity index is 1360. The lowest BCUT2D eigenvalue weighted by Gasteiger charge is -2.33. The number of fused-ring (bicyclic) bond motifs is 2. The lowest BCUT2D eigenvalue weighted by atomic mass is 9.96. The molecule has 2 atom stereocenters. The van der Waals surface area contributed by atoms with E-state index in [4.69, 9.17) is 14.5 Å². The van der Waals surface area contributed by atoms with Gasteiger partial charge >= 0.3 is 0 Å². The molecule has 0 aliphatic carbocycles. The fraction of sp³-hybridized carbons (Fsp3) is 0.357. The first-order valence-electron chi connectivity index (χ1n) is 12.4. The maximum absolute atomic E-state index is 13.5. The van der Waals surface area contributed by atoms with E-state index in [1.165, 1.54) is 0 Å². The number of amides is 1. The molecule has 0 fully saturated rings. The van der Waals surface area contributed by atoms with Crippen molar-refractivity contribution in [1.82, 2.24) is 14.6 Å². The molecule has 0 saturated carbocycles. The number of nitrogens with zero attached hydrogens (tertiary/aromatic N) is 2. The highest BCUT2D eigenvalue weighted by molar-refractivity contribution is 9.10. The van der Waals surface area contributed by atoms with Crippen LogP contribution in [0, 0.1) is 0 Å². The van der Waals surface area contributed by atoms with Crippen molar-refractivity contribution in [3.05, 3.63) is 75.4 Å². The summed E-state index contributed by atoms with van der Waals surface area (Å²) in [5, 5.41) is 12.9. The van der Waals surface area contributed by atoms with Crippen molar-refractivity contribution >= 4 is 33.2 Å². The second kappa shape index (κ2) is 10.9. The number of halogens is 1. The summed E-state index contributed by atoms with van der Waals surface area (Å²) in [6, 6.07) is 14.8. The third kappa shape index (κ3) is 5.41. The standard InChI is InChI=1S/C28H30BrN3O5S/c1-28(2,3)38(35)32-15-19-13-21(27(34)30-14-17-7-8-23-24(11-17)37-16-36-23)31-26(25(19)22(32)9-10-33)18-5-4-6-20(29)12-18/h4-8,11-13,22,33H,9-10,14-16H2,1-3H3,(H,30,34). The van der Waals surface area contributed by atoms with Crippen LogP contribution in [-0.4, -0.2) is 43.0 Å². The Labute approximate surface area is 233 Å². The Hall–Kier alpha value is -2.63. The minimum atomic E-state index is -1.32. The molecule has 0 radical (unpaired) electrons. The molecule has 0 spiro atoms. The number of aromatic nitrogens is 1. The SMILES string of the molecule is CC(C)(C)[S+]([O-])N1Cc2cc(C(=O)NCc3ccc4c(c3)OCO4)nc(-c3cccc(Br)c3)c2C1CCO. The Morgan fingerprint density at radius 2 is 2.00 bits per heavy atom. The fourth-order valence-electron chi connectivity index (χ4n) is 4.77. The Kier molecular flexibility index (Phi) is 7.70. The molecule has 5 rings (SSSR count). The second-order valence-corrected chi connectivity index (χ2v) is 13.4. The topological polar surface area (TPSA) is 107 Å². The van der Waals surface area contributed by atoms with Crippen LogP contribution in [-0.2, 0) is 24.5 Å². The van der Waals surface area contributed by atoms with Gasteiger partial charge < -0.3 is 24.4 Å². The van der Waals surface area contributed by atoms with Gasteiger partial charge in [0.25, 0.3) is 5.91 Å². The first-order chi connectivity index (χ1) is 18.2. The lowest BCUT2D eigenvalue weighted by Crippen LogP contribution is -2.42. The van der Waals surface area contributed by atoms with Crippen molar-refractivity contribution in [2.75, 3.05) is 13.4 Å². The maximum atomic E-state index is 13.5. The molecule has 200 valence electrons. The van der Waals surface area contributed by atoms with Crippen LogP contribution in [0.5, 0.6) is 11.5 Å². The number of aliphatic hydroxyl groups is 1. The Balaban J connectivity index is 1.50. The van der Waals surface area contributed by atoms with Crippen molar-refractivity contribution in [3.8, 4) is 22.8 Å². The number of hydrogen-bond acceptors (Lipinski definition) is 7. The van der Waals surface area contributed by atoms with E-state index in [0.717, 1.165) is 26.7 Å². The molecule has 2 aromatic carbocycles. The minimum Gasteiger partial charge on any atom is -0.597 e. The van der Waals surface area contributed by atoms with E-state index in [1.54, 1.807) is 6.07 Å². The highest BCUT2D eigenvalue weighted by Crippen LogP contribution is 2.45. The molecular weight excluding hydrogens is 570 g/mol. The second-order valence-electron chi connectivity index (χ2n) is 10.3. The summed E-state index contributed by atoms with van der Waals surface area (Å²) in [6.45, 7) is 6.64. The zero-order valence-electron chi connectivity index (χ0n) is 21.5. The van der Waals surface area contributed by atoms with Gasteiger partial charge in [0.2, 0.25) is 6.79 Å². The van der Waals surface area contributed by atoms with Crippen LogP contribution in [0.4, 0.5) is 0 Å². The van der Waals surface area contributed by atoms with Crippen molar-refractivity contribution < 1.29 is 23.9 Å². The molecule has 1 amide bonds. The summed E-state index contributed by atoms with van der Waals surface area (Å²) in [7, 11) is 0. The van der Waals surface area contributed by atoms with Crippen LogP contribution in [0.25, 0.3) is 11.3 Å². The van der Waals surface area contributed by atoms with E-state index in [-0.39, 0.29) is 31.0 Å². The maximum Gasteiger partial charge on any atom is 0.270 e. The molecule has 2 unspecified atom stereocenters. The smallest absolute Gasteiger partial charge is 0.270 e. The van der Waals surface area contributed by atoms with Crippen molar-refractivity contribution in [1.29, 1.82) is 0 Å². The molecule has 2 N–H and O–H groups in total. The predicted octanol–water partition coefficient (Wildman–Crippen LogP) is 4.87. The van der Waals surface area contributed by atoms with E-state index in [9.17, 15) is 14.5 Å². The first-order valence-corrected chi connectivity index (χ1v) is 14.3. The van der Waals surface area contributed by atoms with Gasteiger partial charge in [-0.15, -0.1) is 4.31 Å². The lowest BCUT2D eigenvalue weighted by molar-refractivity contribution is 0.0945. The third-order valence-corrected chi connectivity index (χ3v) is 8.86. The number of aliphatic hydroxyl groups excluding tert-OH is 1. The normalized spacial score (nSPS) is 17.4. The van der Waals surface area contributed by atoms with Crippen LogP contribution in [0.2, 0.25) is 0 Å². The van der Waals surface area contributed by atoms with E-state index < -0.39 is 16.1 Å². The summed E-state index contributed by atoms with van der Waals surface area (Å²) >= 11 is 2.22. The zero-order chi connectivity index (χ0) is 27.0. The van der Waals surface area contributed by atoms with Gasteiger partial charge in [-0.25, -0.2) is 4.98 Å². The molecular formula is C28H30BrN3O5S. The number of benzene rings is 2. The van der Waals surface area contributed by atoms with E-state index in [0.29, 0.717) is 36.7 Å². The summed E-state index contributed by atoms with van der Waals surface area (Å²) < 4.78 is 26.6. The summed E-state index contributed by atoms with van der Waals surface area (Å²) in [6.07, 6.45) is 0.410. The van der Waals surface area contributed by atoms with Crippen molar-refractivity contribution in [3.63, 3.8) is 0 Å². The van der Waals surface area contributed by atoms with Gasteiger partial charge in [-0.05, 0) is 68.7 Å². The third-order valence-electron chi connectivity index (χ3n) is 6.51. The van der Waals surface area contributed by atoms with E-state index in [2.05, 4.69) is 21.2 Å². The Morgan fingerprint density at radius 3 is 2.74 bits per heavy atom. The number of ether oxygens (including phenoxy) is 2. The largest absolute Gasteiger partial charge is 0.597 e. The molecule has 8 nitrogen and oxygen atoms in total. The molecule has 1 aromatic heterocycles. The molecule has 2 aliphatic rings. The molecule has 0 saturated heterocycles. The van der Waals surface area contributed by atoms with Crippen LogP contribution >= 0.6 is 15.9 Å². The molecule has 10 heteroatoms. The monoisotopic (exact) mass is 599 g/mol. The van der Waals surface area contributed by atoms with Gasteiger partial charge in [-0.1, -0.05) is 34.1 Å². The summed E-state index contributed by atoms with van der Waals surface area (Å²) in [4.78, 5) is 18.2. The summed E-state index contributed by atoms with van der Waals surface area (Å²) in [5.74, 6) is 1.04. The van der Waals surface area contributed by atoms with Gasteiger partial charge in [0.1, 0.15) is 10.4 Å². The van der Waals surface area contributed by atoms with Crippen molar-refractivity contribution in [2.24, 2.45) is 0 Å². The predicted molar refractivity (Wildman–Crippen MR) is 149 cm³/mol. The van der Waals surface area contributed by atoms with Gasteiger partial charge in [0.15, 0.2) is 11.5 Å². The molecule has 2 aliphatic heterocycles. The minimum absolute atomic E-state index is 0.0579. The van der Waals surface area contributed by atoms with Gasteiger partial charge in [-0.3, -0.25) is 4.79 Å². The number of hydrogen-bond donors (Lipinski definition) is 2. The number of rotatable bonds is 7. The average molecular weight is 601 g/mol. The van der Waals surface area contributed by atoms with Gasteiger partial charge in [0.05, 0.1) is 18.3 Å². The number of nitrogens with one attached hydrogen (secondary N) is 1. The number of pyridine rings is 1. The molecule has 0 bridgehead atoms. The van der Waals surface area contributed by atoms with Crippen molar-refractivity contribution in [2.45, 2.75) is 51.1 Å². The highest BCUT2D eigenvalue weighted by atomic mass is 79.9. The molecule has 3 heterocycles. The fourth-order valence-corrected chi connectivity index (χ4v) is 6.57. The average Bonchev–Trinajstić information content (AvgIpc) is 3.50. The van der Waals surface area contributed by atoms with Crippen LogP contribution < -0.4 is 14.8 Å². The van der Waals surface area contributed by atoms with E-state index >= 15 is 0 Å². The number of carbonyl (C=O) groups excluding carboxylic acids is 1. The quantitative estimate of drug-likeness (QED) is 0.373. The first kappa shape index (κ1) is 27.0. The zero-order valence-corrected chi connectivity index (χ0v) is 23.9. The highest BCUT2D eigenvalue weighted by Gasteiger charge is 2.44. The van der Waals surface area contributed by atoms with Gasteiger partial charge in [0, 0.05) is 40.1 Å². The van der Waals surface area contributed by atoms with E-state index in [1.807, 2.05) is 67.5 Å². The van der Waals surface area contributed by atoms with Crippen LogP contribution in [0.1, 0.15) is 60.4 Å². The Morgan fingerprint density at radius 1 is 1.21 bits per heavy atom. The molecule has 3 aromatic rings. The van der Waals surface area contributed by atoms with Crippen LogP contribution in [0.3, 0.4) is 0 Å². The summed E-state index contributed by atoms with van der Waals surface area (Å²) in [5.41, 5.74) is 4.45. The molecule has 38 heavy (non-hydrogen) atoms.